The van der Waals surface area contributed by atoms with Crippen molar-refractivity contribution in [3.63, 3.8) is 0 Å². The van der Waals surface area contributed by atoms with Crippen LogP contribution in [0.4, 0.5) is 5.69 Å². The zero-order valence-corrected chi connectivity index (χ0v) is 16.5. The van der Waals surface area contributed by atoms with Gasteiger partial charge in [0.25, 0.3) is 5.91 Å². The Balaban J connectivity index is 1.73. The molecule has 3 amide bonds. The van der Waals surface area contributed by atoms with Gasteiger partial charge in [-0.3, -0.25) is 25.2 Å². The Kier molecular flexibility index (Phi) is 7.77. The Bertz CT molecular complexity index is 910. The quantitative estimate of drug-likeness (QED) is 0.513. The maximum absolute atomic E-state index is 12.0. The van der Waals surface area contributed by atoms with E-state index in [0.717, 1.165) is 16.8 Å². The summed E-state index contributed by atoms with van der Waals surface area (Å²) in [6.07, 6.45) is 2.76. The van der Waals surface area contributed by atoms with Gasteiger partial charge in [0.15, 0.2) is 0 Å². The van der Waals surface area contributed by atoms with Crippen molar-refractivity contribution in [1.82, 2.24) is 10.9 Å². The van der Waals surface area contributed by atoms with E-state index in [-0.39, 0.29) is 18.7 Å². The predicted octanol–water partition coefficient (Wildman–Crippen LogP) is 3.54. The highest BCUT2D eigenvalue weighted by atomic mass is 35.5. The smallest absolute Gasteiger partial charge is 0.262 e. The lowest BCUT2D eigenvalue weighted by Gasteiger charge is -2.09. The molecule has 28 heavy (non-hydrogen) atoms. The number of amides is 3. The van der Waals surface area contributed by atoms with Gasteiger partial charge >= 0.3 is 0 Å². The third kappa shape index (κ3) is 6.89. The fourth-order valence-electron chi connectivity index (χ4n) is 2.32. The molecule has 0 aliphatic rings. The van der Waals surface area contributed by atoms with E-state index in [9.17, 15) is 14.4 Å². The van der Waals surface area contributed by atoms with Gasteiger partial charge in [0.1, 0.15) is 0 Å². The molecule has 0 saturated heterocycles. The van der Waals surface area contributed by atoms with Gasteiger partial charge in [-0.1, -0.05) is 41.9 Å². The molecule has 2 aromatic rings. The number of benzene rings is 2. The Morgan fingerprint density at radius 2 is 1.68 bits per heavy atom. The van der Waals surface area contributed by atoms with Gasteiger partial charge < -0.3 is 5.32 Å². The van der Waals surface area contributed by atoms with Crippen molar-refractivity contribution < 1.29 is 14.4 Å². The van der Waals surface area contributed by atoms with Crippen LogP contribution in [0.2, 0.25) is 5.02 Å². The topological polar surface area (TPSA) is 87.3 Å². The van der Waals surface area contributed by atoms with Crippen molar-refractivity contribution in [1.29, 1.82) is 0 Å². The Morgan fingerprint density at radius 3 is 2.43 bits per heavy atom. The molecule has 146 valence electrons. The molecule has 3 N–H and O–H groups in total. The third-order valence-electron chi connectivity index (χ3n) is 3.89. The second kappa shape index (κ2) is 10.3. The fraction of sp³-hybridized carbons (Fsp3) is 0.190. The molecule has 0 fully saturated rings. The number of carbonyl (C=O) groups is 3. The van der Waals surface area contributed by atoms with Crippen LogP contribution in [0.25, 0.3) is 6.08 Å². The maximum atomic E-state index is 12.0. The molecular formula is C21H22ClN3O3. The molecule has 7 heteroatoms. The molecule has 0 saturated carbocycles. The minimum atomic E-state index is -0.506. The first-order valence-electron chi connectivity index (χ1n) is 8.73. The molecule has 0 heterocycles. The highest BCUT2D eigenvalue weighted by Crippen LogP contribution is 2.17. The van der Waals surface area contributed by atoms with Crippen molar-refractivity contribution in [3.8, 4) is 0 Å². The summed E-state index contributed by atoms with van der Waals surface area (Å²) in [6, 6.07) is 12.8. The first kappa shape index (κ1) is 21.2. The predicted molar refractivity (Wildman–Crippen MR) is 111 cm³/mol. The standard InChI is InChI=1S/C21H22ClN3O3/c1-14-7-8-15(2)18(13-14)23-19(26)11-12-21(28)25-24-20(27)10-9-16-5-3-4-6-17(16)22/h3-10,13H,11-12H2,1-2H3,(H,23,26)(H,24,27)(H,25,28)/b10-9+. The summed E-state index contributed by atoms with van der Waals surface area (Å²) in [7, 11) is 0. The molecule has 0 atom stereocenters. The molecule has 0 aliphatic carbocycles. The summed E-state index contributed by atoms with van der Waals surface area (Å²) >= 11 is 5.99. The third-order valence-corrected chi connectivity index (χ3v) is 4.24. The molecule has 0 aliphatic heterocycles. The average Bonchev–Trinajstić information content (AvgIpc) is 2.67. The largest absolute Gasteiger partial charge is 0.326 e. The van der Waals surface area contributed by atoms with Crippen LogP contribution >= 0.6 is 11.6 Å². The summed E-state index contributed by atoms with van der Waals surface area (Å²) in [5.74, 6) is -1.24. The lowest BCUT2D eigenvalue weighted by molar-refractivity contribution is -0.128. The number of hydrogen-bond donors (Lipinski definition) is 3. The van der Waals surface area contributed by atoms with Crippen LogP contribution in [0.1, 0.15) is 29.5 Å². The number of hydrogen-bond acceptors (Lipinski definition) is 3. The Hall–Kier alpha value is -3.12. The van der Waals surface area contributed by atoms with Crippen LogP contribution in [-0.4, -0.2) is 17.7 Å². The van der Waals surface area contributed by atoms with Crippen LogP contribution in [-0.2, 0) is 14.4 Å². The van der Waals surface area contributed by atoms with Crippen molar-refractivity contribution >= 4 is 41.1 Å². The number of carbonyl (C=O) groups excluding carboxylic acids is 3. The second-order valence-corrected chi connectivity index (χ2v) is 6.67. The molecule has 0 unspecified atom stereocenters. The van der Waals surface area contributed by atoms with Crippen LogP contribution in [0.5, 0.6) is 0 Å². The molecule has 0 bridgehead atoms. The second-order valence-electron chi connectivity index (χ2n) is 6.26. The van der Waals surface area contributed by atoms with Gasteiger partial charge in [-0.2, -0.15) is 0 Å². The number of hydrazine groups is 1. The van der Waals surface area contributed by atoms with E-state index in [4.69, 9.17) is 11.6 Å². The normalized spacial score (nSPS) is 10.5. The summed E-state index contributed by atoms with van der Waals surface area (Å²) in [6.45, 7) is 3.83. The number of nitrogens with one attached hydrogen (secondary N) is 3. The zero-order chi connectivity index (χ0) is 20.5. The Labute approximate surface area is 168 Å². The highest BCUT2D eigenvalue weighted by molar-refractivity contribution is 6.32. The van der Waals surface area contributed by atoms with Gasteiger partial charge in [-0.15, -0.1) is 0 Å². The SMILES string of the molecule is Cc1ccc(C)c(NC(=O)CCC(=O)NNC(=O)/C=C/c2ccccc2Cl)c1. The van der Waals surface area contributed by atoms with Crippen molar-refractivity contribution in [3.05, 3.63) is 70.3 Å². The molecule has 6 nitrogen and oxygen atoms in total. The van der Waals surface area contributed by atoms with E-state index < -0.39 is 11.8 Å². The van der Waals surface area contributed by atoms with Crippen LogP contribution in [0.3, 0.4) is 0 Å². The molecular weight excluding hydrogens is 378 g/mol. The monoisotopic (exact) mass is 399 g/mol. The molecule has 0 spiro atoms. The molecule has 2 rings (SSSR count). The molecule has 0 radical (unpaired) electrons. The highest BCUT2D eigenvalue weighted by Gasteiger charge is 2.09. The van der Waals surface area contributed by atoms with Crippen molar-refractivity contribution in [2.45, 2.75) is 26.7 Å². The number of rotatable bonds is 6. The number of anilines is 1. The summed E-state index contributed by atoms with van der Waals surface area (Å²) < 4.78 is 0. The van der Waals surface area contributed by atoms with Crippen molar-refractivity contribution in [2.24, 2.45) is 0 Å². The van der Waals surface area contributed by atoms with Crippen molar-refractivity contribution in [2.75, 3.05) is 5.32 Å². The zero-order valence-electron chi connectivity index (χ0n) is 15.7. The van der Waals surface area contributed by atoms with E-state index in [1.54, 1.807) is 30.3 Å². The van der Waals surface area contributed by atoms with Gasteiger partial charge in [0.05, 0.1) is 0 Å². The van der Waals surface area contributed by atoms with Gasteiger partial charge in [-0.05, 0) is 48.7 Å². The van der Waals surface area contributed by atoms with E-state index in [0.29, 0.717) is 10.6 Å². The van der Waals surface area contributed by atoms with E-state index in [1.807, 2.05) is 32.0 Å². The van der Waals surface area contributed by atoms with Gasteiger partial charge in [-0.25, -0.2) is 0 Å². The van der Waals surface area contributed by atoms with Gasteiger partial charge in [0, 0.05) is 29.6 Å². The van der Waals surface area contributed by atoms with E-state index in [1.165, 1.54) is 6.08 Å². The molecule has 2 aromatic carbocycles. The Morgan fingerprint density at radius 1 is 0.964 bits per heavy atom. The lowest BCUT2D eigenvalue weighted by Crippen LogP contribution is -2.41. The van der Waals surface area contributed by atoms with E-state index in [2.05, 4.69) is 16.2 Å². The first-order valence-corrected chi connectivity index (χ1v) is 9.11. The summed E-state index contributed by atoms with van der Waals surface area (Å²) in [4.78, 5) is 35.6. The van der Waals surface area contributed by atoms with Crippen LogP contribution in [0, 0.1) is 13.8 Å². The first-order chi connectivity index (χ1) is 13.3. The lowest BCUT2D eigenvalue weighted by atomic mass is 10.1. The minimum absolute atomic E-state index is 0.00451. The number of aryl methyl sites for hydroxylation is 2. The minimum Gasteiger partial charge on any atom is -0.326 e. The average molecular weight is 400 g/mol. The number of halogens is 1. The van der Waals surface area contributed by atoms with Gasteiger partial charge in [0.2, 0.25) is 11.8 Å². The van der Waals surface area contributed by atoms with E-state index >= 15 is 0 Å². The van der Waals surface area contributed by atoms with Crippen LogP contribution in [0.15, 0.2) is 48.5 Å². The fourth-order valence-corrected chi connectivity index (χ4v) is 2.52. The molecule has 0 aromatic heterocycles. The summed E-state index contributed by atoms with van der Waals surface area (Å²) in [5.41, 5.74) is 7.93. The van der Waals surface area contributed by atoms with Crippen LogP contribution < -0.4 is 16.2 Å². The summed E-state index contributed by atoms with van der Waals surface area (Å²) in [5, 5.41) is 3.30. The maximum Gasteiger partial charge on any atom is 0.262 e.